The number of Topliss-reactive ketones (excluding diaryl/α,β-unsaturated/α-hetero) is 1. The summed E-state index contributed by atoms with van der Waals surface area (Å²) in [7, 11) is 0. The molecule has 4 rings (SSSR count). The van der Waals surface area contributed by atoms with Gasteiger partial charge in [-0.2, -0.15) is 5.10 Å². The molecular formula is C18H14N4O3. The molecule has 4 aromatic rings. The second kappa shape index (κ2) is 5.86. The van der Waals surface area contributed by atoms with Gasteiger partial charge in [-0.1, -0.05) is 18.2 Å². The molecule has 3 aromatic heterocycles. The molecule has 124 valence electrons. The molecule has 0 aliphatic rings. The summed E-state index contributed by atoms with van der Waals surface area (Å²) in [4.78, 5) is 32.0. The van der Waals surface area contributed by atoms with E-state index in [-0.39, 0.29) is 18.0 Å². The van der Waals surface area contributed by atoms with Crippen molar-refractivity contribution >= 4 is 28.3 Å². The van der Waals surface area contributed by atoms with Gasteiger partial charge in [0.05, 0.1) is 5.69 Å². The van der Waals surface area contributed by atoms with Gasteiger partial charge in [-0.25, -0.2) is 14.3 Å². The number of esters is 1. The third-order valence-corrected chi connectivity index (χ3v) is 4.00. The van der Waals surface area contributed by atoms with Crippen LogP contribution in [0.2, 0.25) is 0 Å². The number of aromatic nitrogens is 4. The predicted molar refractivity (Wildman–Crippen MR) is 90.6 cm³/mol. The Labute approximate surface area is 142 Å². The van der Waals surface area contributed by atoms with Crippen LogP contribution in [0.1, 0.15) is 26.4 Å². The molecule has 0 bridgehead atoms. The Bertz CT molecular complexity index is 1110. The van der Waals surface area contributed by atoms with Crippen LogP contribution >= 0.6 is 0 Å². The van der Waals surface area contributed by atoms with Gasteiger partial charge in [0, 0.05) is 35.1 Å². The van der Waals surface area contributed by atoms with Crippen LogP contribution in [0, 0.1) is 6.92 Å². The Morgan fingerprint density at radius 2 is 2.08 bits per heavy atom. The van der Waals surface area contributed by atoms with Gasteiger partial charge < -0.3 is 9.72 Å². The first-order chi connectivity index (χ1) is 12.1. The number of aryl methyl sites for hydroxylation is 1. The third kappa shape index (κ3) is 2.55. The second-order valence-electron chi connectivity index (χ2n) is 5.60. The highest BCUT2D eigenvalue weighted by atomic mass is 16.5. The van der Waals surface area contributed by atoms with Crippen LogP contribution in [0.3, 0.4) is 0 Å². The molecule has 0 radical (unpaired) electrons. The lowest BCUT2D eigenvalue weighted by atomic mass is 10.1. The minimum absolute atomic E-state index is 0.270. The zero-order chi connectivity index (χ0) is 17.4. The van der Waals surface area contributed by atoms with Crippen LogP contribution in [0.25, 0.3) is 16.6 Å². The first-order valence-electron chi connectivity index (χ1n) is 7.71. The molecule has 0 amide bonds. The summed E-state index contributed by atoms with van der Waals surface area (Å²) in [6.45, 7) is 1.36. The summed E-state index contributed by atoms with van der Waals surface area (Å²) in [5.74, 6) is -0.882. The van der Waals surface area contributed by atoms with Crippen molar-refractivity contribution in [1.82, 2.24) is 19.6 Å². The normalized spacial score (nSPS) is 11.1. The molecule has 0 unspecified atom stereocenters. The average molecular weight is 334 g/mol. The molecule has 1 N–H and O–H groups in total. The van der Waals surface area contributed by atoms with Crippen molar-refractivity contribution in [3.05, 3.63) is 65.7 Å². The fourth-order valence-electron chi connectivity index (χ4n) is 2.82. The van der Waals surface area contributed by atoms with Crippen LogP contribution in [0.5, 0.6) is 0 Å². The molecule has 0 saturated heterocycles. The van der Waals surface area contributed by atoms with Crippen molar-refractivity contribution in [2.75, 3.05) is 6.61 Å². The van der Waals surface area contributed by atoms with E-state index in [9.17, 15) is 9.59 Å². The number of hydrogen-bond acceptors (Lipinski definition) is 5. The summed E-state index contributed by atoms with van der Waals surface area (Å²) >= 11 is 0. The Morgan fingerprint density at radius 1 is 1.24 bits per heavy atom. The number of nitrogens with zero attached hydrogens (tertiary/aromatic N) is 3. The number of H-pyrrole nitrogens is 1. The van der Waals surface area contributed by atoms with Gasteiger partial charge in [0.25, 0.3) is 0 Å². The van der Waals surface area contributed by atoms with E-state index in [1.54, 1.807) is 31.6 Å². The maximum atomic E-state index is 12.4. The monoisotopic (exact) mass is 334 g/mol. The van der Waals surface area contributed by atoms with Gasteiger partial charge in [0.15, 0.2) is 12.3 Å². The quantitative estimate of drug-likeness (QED) is 0.458. The number of carbonyl (C=O) groups excluding carboxylic acids is 2. The van der Waals surface area contributed by atoms with Gasteiger partial charge in [-0.3, -0.25) is 4.79 Å². The average Bonchev–Trinajstić information content (AvgIpc) is 3.19. The fourth-order valence-corrected chi connectivity index (χ4v) is 2.82. The van der Waals surface area contributed by atoms with E-state index in [2.05, 4.69) is 15.1 Å². The third-order valence-electron chi connectivity index (χ3n) is 4.00. The van der Waals surface area contributed by atoms with Crippen molar-refractivity contribution in [2.24, 2.45) is 0 Å². The van der Waals surface area contributed by atoms with Crippen LogP contribution in [0.15, 0.2) is 48.9 Å². The number of para-hydroxylation sites is 1. The van der Waals surface area contributed by atoms with Crippen molar-refractivity contribution in [1.29, 1.82) is 0 Å². The largest absolute Gasteiger partial charge is 0.454 e. The van der Waals surface area contributed by atoms with E-state index in [1.165, 1.54) is 4.52 Å². The molecule has 0 aliphatic heterocycles. The number of ether oxygens (including phenoxy) is 1. The predicted octanol–water partition coefficient (Wildman–Crippen LogP) is 2.56. The SMILES string of the molecule is Cc1nn2cccnc2c1C(=O)OCC(=O)c1c[nH]c2ccccc12. The van der Waals surface area contributed by atoms with Crippen LogP contribution < -0.4 is 0 Å². The molecule has 0 fully saturated rings. The van der Waals surface area contributed by atoms with E-state index in [0.717, 1.165) is 10.9 Å². The molecule has 3 heterocycles. The Morgan fingerprint density at radius 3 is 2.96 bits per heavy atom. The highest BCUT2D eigenvalue weighted by Crippen LogP contribution is 2.19. The van der Waals surface area contributed by atoms with E-state index in [1.807, 2.05) is 24.3 Å². The lowest BCUT2D eigenvalue weighted by molar-refractivity contribution is 0.0476. The number of fused-ring (bicyclic) bond motifs is 2. The molecule has 7 nitrogen and oxygen atoms in total. The summed E-state index contributed by atoms with van der Waals surface area (Å²) in [6, 6.07) is 9.18. The summed E-state index contributed by atoms with van der Waals surface area (Å²) in [5, 5.41) is 5.02. The van der Waals surface area contributed by atoms with Crippen molar-refractivity contribution in [3.63, 3.8) is 0 Å². The van der Waals surface area contributed by atoms with E-state index < -0.39 is 5.97 Å². The number of hydrogen-bond donors (Lipinski definition) is 1. The Kier molecular flexibility index (Phi) is 3.53. The smallest absolute Gasteiger partial charge is 0.344 e. The van der Waals surface area contributed by atoms with Crippen LogP contribution in [-0.4, -0.2) is 37.9 Å². The minimum Gasteiger partial charge on any atom is -0.454 e. The number of nitrogens with one attached hydrogen (secondary N) is 1. The van der Waals surface area contributed by atoms with Crippen molar-refractivity contribution < 1.29 is 14.3 Å². The van der Waals surface area contributed by atoms with Gasteiger partial charge in [-0.15, -0.1) is 0 Å². The van der Waals surface area contributed by atoms with Crippen molar-refractivity contribution in [2.45, 2.75) is 6.92 Å². The first-order valence-corrected chi connectivity index (χ1v) is 7.71. The summed E-state index contributed by atoms with van der Waals surface area (Å²) in [5.41, 5.74) is 2.54. The van der Waals surface area contributed by atoms with E-state index in [0.29, 0.717) is 16.9 Å². The molecule has 25 heavy (non-hydrogen) atoms. The van der Waals surface area contributed by atoms with E-state index >= 15 is 0 Å². The molecule has 0 atom stereocenters. The highest BCUT2D eigenvalue weighted by Gasteiger charge is 2.21. The molecule has 1 aromatic carbocycles. The maximum Gasteiger partial charge on any atom is 0.344 e. The molecule has 0 aliphatic carbocycles. The van der Waals surface area contributed by atoms with Crippen LogP contribution in [0.4, 0.5) is 0 Å². The first kappa shape index (κ1) is 15.1. The van der Waals surface area contributed by atoms with Crippen molar-refractivity contribution in [3.8, 4) is 0 Å². The lowest BCUT2D eigenvalue weighted by Crippen LogP contribution is -2.14. The highest BCUT2D eigenvalue weighted by molar-refractivity contribution is 6.09. The number of carbonyl (C=O) groups is 2. The summed E-state index contributed by atoms with van der Waals surface area (Å²) in [6.07, 6.45) is 4.90. The standard InChI is InChI=1S/C18H14N4O3/c1-11-16(17-19-7-4-8-22(17)21-11)18(24)25-10-15(23)13-9-20-14-6-3-2-5-12(13)14/h2-9,20H,10H2,1H3. The second-order valence-corrected chi connectivity index (χ2v) is 5.60. The molecule has 7 heteroatoms. The van der Waals surface area contributed by atoms with Gasteiger partial charge in [-0.05, 0) is 19.1 Å². The Hall–Kier alpha value is -3.48. The summed E-state index contributed by atoms with van der Waals surface area (Å²) < 4.78 is 6.72. The molecular weight excluding hydrogens is 320 g/mol. The number of rotatable bonds is 4. The zero-order valence-electron chi connectivity index (χ0n) is 13.4. The topological polar surface area (TPSA) is 89.3 Å². The maximum absolute atomic E-state index is 12.4. The Balaban J connectivity index is 1.55. The van der Waals surface area contributed by atoms with Crippen LogP contribution in [-0.2, 0) is 4.74 Å². The minimum atomic E-state index is -0.612. The molecule has 0 spiro atoms. The number of ketones is 1. The van der Waals surface area contributed by atoms with Gasteiger partial charge >= 0.3 is 5.97 Å². The number of benzene rings is 1. The van der Waals surface area contributed by atoms with E-state index in [4.69, 9.17) is 4.74 Å². The fraction of sp³-hybridized carbons (Fsp3) is 0.111. The van der Waals surface area contributed by atoms with Gasteiger partial charge in [0.2, 0.25) is 5.78 Å². The molecule has 0 saturated carbocycles. The zero-order valence-corrected chi connectivity index (χ0v) is 13.4. The lowest BCUT2D eigenvalue weighted by Gasteiger charge is -2.03. The van der Waals surface area contributed by atoms with Gasteiger partial charge in [0.1, 0.15) is 5.56 Å². The number of aromatic amines is 1.